The lowest BCUT2D eigenvalue weighted by Crippen LogP contribution is -2.41. The van der Waals surface area contributed by atoms with Crippen molar-refractivity contribution in [1.29, 1.82) is 0 Å². The first-order valence-corrected chi connectivity index (χ1v) is 7.63. The molecule has 2 rings (SSSR count). The van der Waals surface area contributed by atoms with E-state index in [1.165, 1.54) is 16.8 Å². The van der Waals surface area contributed by atoms with Crippen molar-refractivity contribution in [1.82, 2.24) is 15.1 Å². The summed E-state index contributed by atoms with van der Waals surface area (Å²) < 4.78 is 1.32. The van der Waals surface area contributed by atoms with Gasteiger partial charge in [-0.05, 0) is 25.3 Å². The quantitative estimate of drug-likeness (QED) is 0.822. The smallest absolute Gasteiger partial charge is 0.271 e. The summed E-state index contributed by atoms with van der Waals surface area (Å²) in [5, 5.41) is 17.0. The fourth-order valence-electron chi connectivity index (χ4n) is 2.58. The van der Waals surface area contributed by atoms with Crippen molar-refractivity contribution in [2.75, 3.05) is 6.54 Å². The SMILES string of the molecule is CCCCn1nc(C(=O)NCC2(O)CCCC2)ccc1=O. The first-order valence-electron chi connectivity index (χ1n) is 7.63. The molecule has 0 aromatic carbocycles. The zero-order chi connectivity index (χ0) is 15.3. The number of unbranched alkanes of at least 4 members (excludes halogenated alkanes) is 1. The zero-order valence-electron chi connectivity index (χ0n) is 12.5. The highest BCUT2D eigenvalue weighted by atomic mass is 16.3. The lowest BCUT2D eigenvalue weighted by molar-refractivity contribution is 0.0448. The molecule has 1 amide bonds. The molecule has 1 aromatic rings. The fourth-order valence-corrected chi connectivity index (χ4v) is 2.58. The van der Waals surface area contributed by atoms with Crippen LogP contribution in [0, 0.1) is 0 Å². The molecule has 0 saturated heterocycles. The third-order valence-corrected chi connectivity index (χ3v) is 3.94. The molecule has 1 aliphatic carbocycles. The van der Waals surface area contributed by atoms with E-state index in [4.69, 9.17) is 0 Å². The number of hydrogen-bond acceptors (Lipinski definition) is 4. The van der Waals surface area contributed by atoms with Gasteiger partial charge in [0.15, 0.2) is 0 Å². The molecule has 116 valence electrons. The third-order valence-electron chi connectivity index (χ3n) is 3.94. The molecular formula is C15H23N3O3. The number of aliphatic hydroxyl groups is 1. The number of nitrogens with zero attached hydrogens (tertiary/aromatic N) is 2. The summed E-state index contributed by atoms with van der Waals surface area (Å²) in [4.78, 5) is 23.7. The normalized spacial score (nSPS) is 16.9. The zero-order valence-corrected chi connectivity index (χ0v) is 12.5. The van der Waals surface area contributed by atoms with Crippen LogP contribution in [0.5, 0.6) is 0 Å². The van der Waals surface area contributed by atoms with Crippen LogP contribution in [0.3, 0.4) is 0 Å². The van der Waals surface area contributed by atoms with Gasteiger partial charge in [0.1, 0.15) is 5.69 Å². The molecular weight excluding hydrogens is 270 g/mol. The number of aromatic nitrogens is 2. The number of carbonyl (C=O) groups is 1. The van der Waals surface area contributed by atoms with Crippen LogP contribution in [0.2, 0.25) is 0 Å². The Balaban J connectivity index is 2.00. The van der Waals surface area contributed by atoms with Gasteiger partial charge in [0.2, 0.25) is 0 Å². The minimum Gasteiger partial charge on any atom is -0.388 e. The number of rotatable bonds is 6. The lowest BCUT2D eigenvalue weighted by Gasteiger charge is -2.22. The maximum Gasteiger partial charge on any atom is 0.271 e. The van der Waals surface area contributed by atoms with Crippen LogP contribution in [0.25, 0.3) is 0 Å². The highest BCUT2D eigenvalue weighted by Gasteiger charge is 2.31. The van der Waals surface area contributed by atoms with Crippen molar-refractivity contribution in [2.24, 2.45) is 0 Å². The van der Waals surface area contributed by atoms with Gasteiger partial charge in [-0.15, -0.1) is 0 Å². The predicted octanol–water partition coefficient (Wildman–Crippen LogP) is 1.08. The van der Waals surface area contributed by atoms with E-state index in [0.29, 0.717) is 6.54 Å². The highest BCUT2D eigenvalue weighted by Crippen LogP contribution is 2.28. The molecule has 1 saturated carbocycles. The van der Waals surface area contributed by atoms with Crippen molar-refractivity contribution < 1.29 is 9.90 Å². The van der Waals surface area contributed by atoms with Gasteiger partial charge in [0.25, 0.3) is 11.5 Å². The number of nitrogens with one attached hydrogen (secondary N) is 1. The van der Waals surface area contributed by atoms with Crippen molar-refractivity contribution in [2.45, 2.75) is 57.6 Å². The van der Waals surface area contributed by atoms with Gasteiger partial charge in [-0.1, -0.05) is 26.2 Å². The Morgan fingerprint density at radius 3 is 2.81 bits per heavy atom. The van der Waals surface area contributed by atoms with Crippen LogP contribution in [0.4, 0.5) is 0 Å². The number of amides is 1. The molecule has 21 heavy (non-hydrogen) atoms. The first kappa shape index (κ1) is 15.7. The molecule has 0 spiro atoms. The van der Waals surface area contributed by atoms with E-state index >= 15 is 0 Å². The van der Waals surface area contributed by atoms with E-state index in [1.807, 2.05) is 6.92 Å². The van der Waals surface area contributed by atoms with Gasteiger partial charge in [0, 0.05) is 19.2 Å². The molecule has 6 nitrogen and oxygen atoms in total. The van der Waals surface area contributed by atoms with Gasteiger partial charge in [0.05, 0.1) is 5.60 Å². The Morgan fingerprint density at radius 2 is 2.14 bits per heavy atom. The molecule has 0 unspecified atom stereocenters. The van der Waals surface area contributed by atoms with Gasteiger partial charge in [-0.2, -0.15) is 5.10 Å². The summed E-state index contributed by atoms with van der Waals surface area (Å²) in [5.41, 5.74) is -0.770. The molecule has 6 heteroatoms. The summed E-state index contributed by atoms with van der Waals surface area (Å²) in [6.07, 6.45) is 5.22. The average molecular weight is 293 g/mol. The van der Waals surface area contributed by atoms with E-state index in [2.05, 4.69) is 10.4 Å². The predicted molar refractivity (Wildman–Crippen MR) is 79.2 cm³/mol. The number of carbonyl (C=O) groups excluding carboxylic acids is 1. The minimum atomic E-state index is -0.785. The Bertz CT molecular complexity index is 547. The Hall–Kier alpha value is -1.69. The molecule has 1 aromatic heterocycles. The summed E-state index contributed by atoms with van der Waals surface area (Å²) in [6, 6.07) is 2.79. The summed E-state index contributed by atoms with van der Waals surface area (Å²) in [5.74, 6) is -0.347. The van der Waals surface area contributed by atoms with Gasteiger partial charge in [-0.25, -0.2) is 4.68 Å². The second-order valence-electron chi connectivity index (χ2n) is 5.75. The Morgan fingerprint density at radius 1 is 1.43 bits per heavy atom. The van der Waals surface area contributed by atoms with Crippen molar-refractivity contribution in [3.05, 3.63) is 28.2 Å². The minimum absolute atomic E-state index is 0.200. The van der Waals surface area contributed by atoms with Crippen LogP contribution >= 0.6 is 0 Å². The van der Waals surface area contributed by atoms with E-state index in [9.17, 15) is 14.7 Å². The standard InChI is InChI=1S/C15H23N3O3/c1-2-3-10-18-13(19)7-6-12(17-18)14(20)16-11-15(21)8-4-5-9-15/h6-7,21H,2-5,8-11H2,1H3,(H,16,20). The molecule has 0 atom stereocenters. The Labute approximate surface area is 124 Å². The van der Waals surface area contributed by atoms with Crippen LogP contribution < -0.4 is 10.9 Å². The summed E-state index contributed by atoms with van der Waals surface area (Å²) in [6.45, 7) is 2.78. The van der Waals surface area contributed by atoms with E-state index in [-0.39, 0.29) is 23.7 Å². The molecule has 2 N–H and O–H groups in total. The molecule has 0 aliphatic heterocycles. The highest BCUT2D eigenvalue weighted by molar-refractivity contribution is 5.92. The van der Waals surface area contributed by atoms with E-state index in [1.54, 1.807) is 0 Å². The van der Waals surface area contributed by atoms with Crippen molar-refractivity contribution in [3.63, 3.8) is 0 Å². The number of hydrogen-bond donors (Lipinski definition) is 2. The summed E-state index contributed by atoms with van der Waals surface area (Å²) >= 11 is 0. The molecule has 0 bridgehead atoms. The van der Waals surface area contributed by atoms with E-state index in [0.717, 1.165) is 38.5 Å². The van der Waals surface area contributed by atoms with Crippen LogP contribution in [0.15, 0.2) is 16.9 Å². The maximum atomic E-state index is 12.1. The maximum absolute atomic E-state index is 12.1. The topological polar surface area (TPSA) is 84.2 Å². The molecule has 1 aliphatic rings. The lowest BCUT2D eigenvalue weighted by atomic mass is 10.0. The summed E-state index contributed by atoms with van der Waals surface area (Å²) in [7, 11) is 0. The largest absolute Gasteiger partial charge is 0.388 e. The Kier molecular flexibility index (Phi) is 5.12. The van der Waals surface area contributed by atoms with Gasteiger partial charge < -0.3 is 10.4 Å². The molecule has 1 fully saturated rings. The van der Waals surface area contributed by atoms with Crippen LogP contribution in [-0.2, 0) is 6.54 Å². The second kappa shape index (κ2) is 6.85. The van der Waals surface area contributed by atoms with Crippen molar-refractivity contribution in [3.8, 4) is 0 Å². The fraction of sp³-hybridized carbons (Fsp3) is 0.667. The van der Waals surface area contributed by atoms with Crippen LogP contribution in [0.1, 0.15) is 55.9 Å². The monoisotopic (exact) mass is 293 g/mol. The van der Waals surface area contributed by atoms with Crippen molar-refractivity contribution >= 4 is 5.91 Å². The van der Waals surface area contributed by atoms with E-state index < -0.39 is 5.60 Å². The number of aryl methyl sites for hydroxylation is 1. The molecule has 0 radical (unpaired) electrons. The van der Waals surface area contributed by atoms with Gasteiger partial charge >= 0.3 is 0 Å². The average Bonchev–Trinajstić information content (AvgIpc) is 2.91. The van der Waals surface area contributed by atoms with Gasteiger partial charge in [-0.3, -0.25) is 9.59 Å². The van der Waals surface area contributed by atoms with Crippen LogP contribution in [-0.4, -0.2) is 32.9 Å². The molecule has 1 heterocycles. The third kappa shape index (κ3) is 4.14. The second-order valence-corrected chi connectivity index (χ2v) is 5.75. The first-order chi connectivity index (χ1) is 10.0.